The van der Waals surface area contributed by atoms with Crippen molar-refractivity contribution in [2.75, 3.05) is 39.6 Å². The van der Waals surface area contributed by atoms with Crippen LogP contribution in [0.15, 0.2) is 43.0 Å². The van der Waals surface area contributed by atoms with Gasteiger partial charge in [0.05, 0.1) is 39.1 Å². The van der Waals surface area contributed by atoms with Gasteiger partial charge in [0, 0.05) is 11.5 Å². The number of benzene rings is 1. The highest BCUT2D eigenvalue weighted by atomic mass is 16.5. The van der Waals surface area contributed by atoms with Gasteiger partial charge in [0.1, 0.15) is 6.61 Å². The molecule has 0 heterocycles. The average molecular weight is 505 g/mol. The predicted molar refractivity (Wildman–Crippen MR) is 129 cm³/mol. The molecule has 0 amide bonds. The van der Waals surface area contributed by atoms with E-state index in [0.717, 1.165) is 18.2 Å². The number of hydrogen-bond donors (Lipinski definition) is 8. The largest absolute Gasteiger partial charge is 0.460 e. The number of carbonyl (C=O) groups excluding carboxylic acids is 3. The van der Waals surface area contributed by atoms with Crippen molar-refractivity contribution in [1.29, 1.82) is 10.8 Å². The lowest BCUT2D eigenvalue weighted by Gasteiger charge is -2.24. The Bertz CT molecular complexity index is 609. The number of carbonyl (C=O) groups is 1. The second-order valence-electron chi connectivity index (χ2n) is 6.31. The summed E-state index contributed by atoms with van der Waals surface area (Å²) >= 11 is 0. The summed E-state index contributed by atoms with van der Waals surface area (Å²) in [6.07, 6.45) is 2.58. The molecule has 0 aliphatic heterocycles. The van der Waals surface area contributed by atoms with Crippen LogP contribution >= 0.6 is 0 Å². The van der Waals surface area contributed by atoms with Gasteiger partial charge in [-0.25, -0.2) is 25.2 Å². The van der Waals surface area contributed by atoms with Crippen molar-refractivity contribution >= 4 is 18.1 Å². The van der Waals surface area contributed by atoms with Crippen molar-refractivity contribution in [3.05, 3.63) is 48.6 Å². The second kappa shape index (κ2) is 35.5. The molecule has 1 unspecified atom stereocenters. The van der Waals surface area contributed by atoms with Crippen LogP contribution in [-0.4, -0.2) is 94.5 Å². The van der Waals surface area contributed by atoms with Gasteiger partial charge < -0.3 is 35.4 Å². The first-order valence-corrected chi connectivity index (χ1v) is 10.2. The number of isocyanates is 2. The summed E-state index contributed by atoms with van der Waals surface area (Å²) in [5, 5.41) is 60.9. The molecule has 0 saturated carbocycles. The minimum atomic E-state index is -0.667. The van der Waals surface area contributed by atoms with Crippen molar-refractivity contribution in [3.63, 3.8) is 0 Å². The Kier molecular flexibility index (Phi) is 42.8. The first-order chi connectivity index (χ1) is 16.5. The zero-order valence-electron chi connectivity index (χ0n) is 20.5. The summed E-state index contributed by atoms with van der Waals surface area (Å²) in [4.78, 5) is 26.8. The van der Waals surface area contributed by atoms with E-state index in [9.17, 15) is 4.79 Å². The first-order valence-electron chi connectivity index (χ1n) is 10.2. The van der Waals surface area contributed by atoms with Crippen LogP contribution in [0, 0.1) is 23.2 Å². The van der Waals surface area contributed by atoms with Crippen LogP contribution < -0.4 is 0 Å². The van der Waals surface area contributed by atoms with Crippen LogP contribution in [0.4, 0.5) is 0 Å². The van der Waals surface area contributed by atoms with Gasteiger partial charge in [-0.3, -0.25) is 0 Å². The van der Waals surface area contributed by atoms with Crippen molar-refractivity contribution in [1.82, 2.24) is 0 Å². The molecule has 0 bridgehead atoms. The minimum absolute atomic E-state index is 0.0465. The van der Waals surface area contributed by atoms with E-state index >= 15 is 0 Å². The highest BCUT2D eigenvalue weighted by molar-refractivity contribution is 5.81. The number of aliphatic hydroxyl groups is 6. The minimum Gasteiger partial charge on any atom is -0.460 e. The van der Waals surface area contributed by atoms with E-state index in [0.29, 0.717) is 6.42 Å². The number of rotatable bonds is 8. The van der Waals surface area contributed by atoms with E-state index in [4.69, 9.17) is 51.0 Å². The molecule has 1 rings (SSSR count). The number of hydrogen-bond acceptors (Lipinski definition) is 12. The Labute approximate surface area is 206 Å². The average Bonchev–Trinajstić information content (AvgIpc) is 2.87. The summed E-state index contributed by atoms with van der Waals surface area (Å²) < 4.78 is 4.33. The number of esters is 1. The van der Waals surface area contributed by atoms with Crippen molar-refractivity contribution in [2.45, 2.75) is 33.3 Å². The van der Waals surface area contributed by atoms with Gasteiger partial charge in [-0.1, -0.05) is 49.4 Å². The Morgan fingerprint density at radius 2 is 1.43 bits per heavy atom. The zero-order chi connectivity index (χ0) is 28.5. The molecule has 35 heavy (non-hydrogen) atoms. The highest BCUT2D eigenvalue weighted by Gasteiger charge is 2.24. The van der Waals surface area contributed by atoms with E-state index in [1.165, 1.54) is 12.5 Å². The van der Waals surface area contributed by atoms with Crippen LogP contribution in [-0.2, 0) is 19.1 Å². The lowest BCUT2D eigenvalue weighted by Crippen LogP contribution is -2.32. The number of ether oxygens (including phenoxy) is 1. The molecule has 0 aliphatic rings. The molecule has 1 atom stereocenters. The van der Waals surface area contributed by atoms with Gasteiger partial charge in [-0.15, -0.1) is 0 Å². The fraction of sp³-hybridized carbons (Fsp3) is 0.522. The lowest BCUT2D eigenvalue weighted by molar-refractivity contribution is -0.138. The van der Waals surface area contributed by atoms with E-state index in [-0.39, 0.29) is 39.6 Å². The number of aliphatic hydroxyl groups excluding tert-OH is 6. The third-order valence-corrected chi connectivity index (χ3v) is 3.46. The highest BCUT2D eigenvalue weighted by Crippen LogP contribution is 2.18. The normalized spacial score (nSPS) is 9.29. The van der Waals surface area contributed by atoms with Gasteiger partial charge in [0.25, 0.3) is 0 Å². The third-order valence-electron chi connectivity index (χ3n) is 3.46. The maximum atomic E-state index is 10.1. The van der Waals surface area contributed by atoms with Crippen molar-refractivity contribution in [2.24, 2.45) is 5.41 Å². The standard InChI is InChI=1S/C7H8.C6H14O3.C5H8O3.C3H8O2.2CHNO/c1-7-5-3-2-4-6-7;1-2-6(3-7,4-8)5-9;1-2-5(7)8-4-3-6;1-3(5)2-4;2*2-1-3/h2-6H,1H3;7-9H,2-5H2,1H3;2,6H,1,3-4H2;3-5H,2H2,1H3;2*2H. The van der Waals surface area contributed by atoms with Crippen molar-refractivity contribution < 1.29 is 49.8 Å². The topological polar surface area (TPSA) is 230 Å². The smallest absolute Gasteiger partial charge is 0.330 e. The summed E-state index contributed by atoms with van der Waals surface area (Å²) in [6.45, 7) is 7.89. The maximum Gasteiger partial charge on any atom is 0.330 e. The zero-order valence-corrected chi connectivity index (χ0v) is 20.5. The molecule has 1 aromatic rings. The molecule has 8 N–H and O–H groups in total. The van der Waals surface area contributed by atoms with Crippen LogP contribution in [0.2, 0.25) is 0 Å². The molecule has 0 radical (unpaired) electrons. The monoisotopic (exact) mass is 504 g/mol. The Hall–Kier alpha value is -3.05. The summed E-state index contributed by atoms with van der Waals surface area (Å²) in [5.41, 5.74) is 0.655. The molecule has 1 aromatic carbocycles. The Morgan fingerprint density at radius 3 is 1.57 bits per heavy atom. The second-order valence-corrected chi connectivity index (χ2v) is 6.31. The van der Waals surface area contributed by atoms with Crippen LogP contribution in [0.25, 0.3) is 0 Å². The lowest BCUT2D eigenvalue weighted by atomic mass is 9.88. The molecular weight excluding hydrogens is 464 g/mol. The van der Waals surface area contributed by atoms with Crippen molar-refractivity contribution in [3.8, 4) is 0 Å². The van der Waals surface area contributed by atoms with E-state index in [2.05, 4.69) is 30.4 Å². The summed E-state index contributed by atoms with van der Waals surface area (Å²) in [6, 6.07) is 10.3. The van der Waals surface area contributed by atoms with Gasteiger partial charge in [-0.2, -0.15) is 0 Å². The van der Waals surface area contributed by atoms with Crippen LogP contribution in [0.5, 0.6) is 0 Å². The van der Waals surface area contributed by atoms with E-state index in [1.54, 1.807) is 0 Å². The van der Waals surface area contributed by atoms with E-state index < -0.39 is 17.5 Å². The third kappa shape index (κ3) is 41.7. The molecule has 0 aliphatic carbocycles. The first kappa shape index (κ1) is 42.1. The fourth-order valence-corrected chi connectivity index (χ4v) is 1.22. The molecular formula is C23H40N2O10. The summed E-state index contributed by atoms with van der Waals surface area (Å²) in [7, 11) is 0. The molecule has 12 heteroatoms. The Morgan fingerprint density at radius 1 is 1.06 bits per heavy atom. The maximum absolute atomic E-state index is 10.1. The Balaban J connectivity index is -0.000000108. The SMILES string of the molecule is C=CC(=O)OCCO.CC(O)CO.CCC(CO)(CO)CO.Cc1ccccc1.N=C=O.N=C=O. The fourth-order valence-electron chi connectivity index (χ4n) is 1.22. The molecule has 0 aromatic heterocycles. The van der Waals surface area contributed by atoms with Gasteiger partial charge in [0.15, 0.2) is 0 Å². The molecule has 202 valence electrons. The molecule has 0 fully saturated rings. The summed E-state index contributed by atoms with van der Waals surface area (Å²) in [5.74, 6) is -0.501. The molecule has 0 spiro atoms. The quantitative estimate of drug-likeness (QED) is 0.104. The molecule has 12 nitrogen and oxygen atoms in total. The number of aryl methyl sites for hydroxylation is 1. The van der Waals surface area contributed by atoms with E-state index in [1.807, 2.05) is 25.1 Å². The van der Waals surface area contributed by atoms with Gasteiger partial charge in [-0.05, 0) is 20.3 Å². The number of nitrogens with one attached hydrogen (secondary N) is 2. The predicted octanol–water partition coefficient (Wildman–Crippen LogP) is 0.224. The van der Waals surface area contributed by atoms with Crippen LogP contribution in [0.1, 0.15) is 25.8 Å². The van der Waals surface area contributed by atoms with Gasteiger partial charge >= 0.3 is 5.97 Å². The molecule has 0 saturated heterocycles. The van der Waals surface area contributed by atoms with Crippen LogP contribution in [0.3, 0.4) is 0 Å². The van der Waals surface area contributed by atoms with Gasteiger partial charge in [0.2, 0.25) is 12.2 Å².